The molecule has 172 valence electrons. The Morgan fingerprint density at radius 1 is 0.971 bits per heavy atom. The zero-order valence-corrected chi connectivity index (χ0v) is 19.5. The van der Waals surface area contributed by atoms with E-state index in [0.29, 0.717) is 22.8 Å². The van der Waals surface area contributed by atoms with Crippen LogP contribution in [0.5, 0.6) is 0 Å². The first kappa shape index (κ1) is 23.1. The Bertz CT molecular complexity index is 1410. The molecule has 34 heavy (non-hydrogen) atoms. The van der Waals surface area contributed by atoms with Crippen molar-refractivity contribution in [2.75, 3.05) is 10.6 Å². The first-order chi connectivity index (χ1) is 16.4. The Kier molecular flexibility index (Phi) is 6.93. The average Bonchev–Trinajstić information content (AvgIpc) is 2.83. The number of amides is 1. The minimum atomic E-state index is -2.52. The normalized spacial score (nSPS) is 10.8. The van der Waals surface area contributed by atoms with E-state index in [-0.39, 0.29) is 11.7 Å². The molecule has 0 atom stereocenters. The Morgan fingerprint density at radius 2 is 1.82 bits per heavy atom. The minimum Gasteiger partial charge on any atom is -0.324 e. The van der Waals surface area contributed by atoms with Crippen LogP contribution in [-0.4, -0.2) is 29.3 Å². The molecule has 2 aromatic carbocycles. The van der Waals surface area contributed by atoms with Crippen LogP contribution in [0.1, 0.15) is 27.0 Å². The number of hydrogen-bond acceptors (Lipinski definition) is 7. The highest BCUT2D eigenvalue weighted by Gasteiger charge is 2.11. The van der Waals surface area contributed by atoms with Gasteiger partial charge in [0.1, 0.15) is 10.7 Å². The zero-order chi connectivity index (χ0) is 24.1. The molecule has 0 saturated heterocycles. The molecule has 0 unspecified atom stereocenters. The minimum absolute atomic E-state index is 0.0416. The summed E-state index contributed by atoms with van der Waals surface area (Å²) in [5.74, 6) is 0.0989. The van der Waals surface area contributed by atoms with Crippen LogP contribution in [-0.2, 0) is 16.5 Å². The maximum absolute atomic E-state index is 12.8. The summed E-state index contributed by atoms with van der Waals surface area (Å²) in [6, 6.07) is 16.1. The lowest BCUT2D eigenvalue weighted by atomic mass is 10.1. The van der Waals surface area contributed by atoms with E-state index >= 15 is 0 Å². The molecule has 4 aromatic rings. The molecule has 4 rings (SSSR count). The van der Waals surface area contributed by atoms with E-state index in [0.717, 1.165) is 28.1 Å². The lowest BCUT2D eigenvalue weighted by Crippen LogP contribution is -2.13. The molecule has 0 spiro atoms. The first-order valence-electron chi connectivity index (χ1n) is 10.5. The second-order valence-electron chi connectivity index (χ2n) is 7.75. The number of pyridine rings is 1. The fourth-order valence-electron chi connectivity index (χ4n) is 3.41. The fourth-order valence-corrected chi connectivity index (χ4v) is 4.04. The number of benzene rings is 2. The van der Waals surface area contributed by atoms with E-state index in [2.05, 4.69) is 25.6 Å². The number of thiol groups is 1. The van der Waals surface area contributed by atoms with Crippen LogP contribution in [0.4, 0.5) is 17.3 Å². The van der Waals surface area contributed by atoms with Gasteiger partial charge in [0, 0.05) is 41.1 Å². The van der Waals surface area contributed by atoms with E-state index in [1.807, 2.05) is 43.3 Å². The van der Waals surface area contributed by atoms with E-state index in [1.54, 1.807) is 43.7 Å². The van der Waals surface area contributed by atoms with Crippen molar-refractivity contribution in [2.24, 2.45) is 0 Å². The van der Waals surface area contributed by atoms with Crippen molar-refractivity contribution in [3.8, 4) is 11.3 Å². The van der Waals surface area contributed by atoms with Gasteiger partial charge >= 0.3 is 0 Å². The number of aryl methyl sites for hydroxylation is 2. The summed E-state index contributed by atoms with van der Waals surface area (Å²) in [6.45, 7) is 3.74. The van der Waals surface area contributed by atoms with Crippen LogP contribution in [0.2, 0.25) is 0 Å². The lowest BCUT2D eigenvalue weighted by Gasteiger charge is -2.13. The smallest absolute Gasteiger partial charge is 0.255 e. The molecule has 0 bridgehead atoms. The van der Waals surface area contributed by atoms with Crippen LogP contribution in [0.3, 0.4) is 0 Å². The van der Waals surface area contributed by atoms with Crippen molar-refractivity contribution >= 4 is 33.9 Å². The standard InChI is InChI=1S/C25H23N5O3S/c1-16-5-8-21(28-24(31)18-6-7-20(15-34(32)33)17(2)12-18)13-23(16)30-25-27-11-9-22(29-25)19-4-3-10-26-14-19/h3-14,34H,15H2,1-2H3,(H,28,31)(H,27,29,30). The summed E-state index contributed by atoms with van der Waals surface area (Å²) < 4.78 is 22.0. The molecule has 0 aliphatic rings. The van der Waals surface area contributed by atoms with Crippen LogP contribution in [0.25, 0.3) is 11.3 Å². The average molecular weight is 474 g/mol. The summed E-state index contributed by atoms with van der Waals surface area (Å²) in [7, 11) is -2.52. The second kappa shape index (κ2) is 10.2. The number of hydrogen-bond donors (Lipinski definition) is 3. The molecule has 0 fully saturated rings. The maximum atomic E-state index is 12.8. The van der Waals surface area contributed by atoms with Crippen LogP contribution >= 0.6 is 0 Å². The predicted molar refractivity (Wildman–Crippen MR) is 133 cm³/mol. The predicted octanol–water partition coefficient (Wildman–Crippen LogP) is 4.26. The number of carbonyl (C=O) groups excluding carboxylic acids is 1. The molecule has 0 saturated carbocycles. The Balaban J connectivity index is 1.52. The van der Waals surface area contributed by atoms with Gasteiger partial charge in [-0.2, -0.15) is 0 Å². The molecule has 9 heteroatoms. The van der Waals surface area contributed by atoms with Crippen molar-refractivity contribution in [1.29, 1.82) is 0 Å². The first-order valence-corrected chi connectivity index (χ1v) is 11.9. The number of anilines is 3. The molecular formula is C25H23N5O3S. The molecular weight excluding hydrogens is 450 g/mol. The van der Waals surface area contributed by atoms with Gasteiger partial charge in [-0.15, -0.1) is 0 Å². The largest absolute Gasteiger partial charge is 0.324 e. The molecule has 2 heterocycles. The third kappa shape index (κ3) is 5.62. The van der Waals surface area contributed by atoms with Gasteiger partial charge in [-0.1, -0.05) is 12.1 Å². The summed E-state index contributed by atoms with van der Waals surface area (Å²) in [5, 5.41) is 6.11. The van der Waals surface area contributed by atoms with Gasteiger partial charge in [0.2, 0.25) is 5.95 Å². The summed E-state index contributed by atoms with van der Waals surface area (Å²) >= 11 is 0. The Labute approximate surface area is 199 Å². The molecule has 0 aliphatic carbocycles. The highest BCUT2D eigenvalue weighted by molar-refractivity contribution is 7.71. The number of carbonyl (C=O) groups is 1. The Morgan fingerprint density at radius 3 is 2.56 bits per heavy atom. The second-order valence-corrected chi connectivity index (χ2v) is 8.73. The fraction of sp³-hybridized carbons (Fsp3) is 0.120. The van der Waals surface area contributed by atoms with Gasteiger partial charge in [0.15, 0.2) is 0 Å². The summed E-state index contributed by atoms with van der Waals surface area (Å²) in [5.41, 5.74) is 5.83. The molecule has 2 aromatic heterocycles. The van der Waals surface area contributed by atoms with Crippen molar-refractivity contribution in [3.63, 3.8) is 0 Å². The van der Waals surface area contributed by atoms with Crippen molar-refractivity contribution in [3.05, 3.63) is 95.4 Å². The van der Waals surface area contributed by atoms with Gasteiger partial charge in [-0.3, -0.25) is 9.78 Å². The number of nitrogens with zero attached hydrogens (tertiary/aromatic N) is 3. The topological polar surface area (TPSA) is 114 Å². The van der Waals surface area contributed by atoms with Gasteiger partial charge in [-0.05, 0) is 73.0 Å². The van der Waals surface area contributed by atoms with E-state index in [4.69, 9.17) is 0 Å². The van der Waals surface area contributed by atoms with Crippen LogP contribution < -0.4 is 10.6 Å². The summed E-state index contributed by atoms with van der Waals surface area (Å²) in [4.78, 5) is 25.8. The third-order valence-corrected chi connectivity index (χ3v) is 5.86. The van der Waals surface area contributed by atoms with Gasteiger partial charge in [0.25, 0.3) is 5.91 Å². The van der Waals surface area contributed by atoms with Crippen molar-refractivity contribution in [2.45, 2.75) is 19.6 Å². The monoisotopic (exact) mass is 473 g/mol. The highest BCUT2D eigenvalue weighted by Crippen LogP contribution is 2.25. The lowest BCUT2D eigenvalue weighted by molar-refractivity contribution is 0.102. The highest BCUT2D eigenvalue weighted by atomic mass is 32.2. The number of rotatable bonds is 7. The molecule has 1 amide bonds. The number of aromatic nitrogens is 3. The maximum Gasteiger partial charge on any atom is 0.255 e. The summed E-state index contributed by atoms with van der Waals surface area (Å²) in [6.07, 6.45) is 5.12. The SMILES string of the molecule is Cc1cc(C(=O)Nc2ccc(C)c(Nc3nccc(-c4cccnc4)n3)c2)ccc1C[SH](=O)=O. The molecule has 2 N–H and O–H groups in total. The zero-order valence-electron chi connectivity index (χ0n) is 18.6. The van der Waals surface area contributed by atoms with Crippen LogP contribution in [0.15, 0.2) is 73.2 Å². The van der Waals surface area contributed by atoms with E-state index in [1.165, 1.54) is 0 Å². The molecule has 0 aliphatic heterocycles. The van der Waals surface area contributed by atoms with Gasteiger partial charge in [0.05, 0.1) is 11.4 Å². The van der Waals surface area contributed by atoms with Gasteiger partial charge in [-0.25, -0.2) is 18.4 Å². The number of nitrogens with one attached hydrogen (secondary N) is 2. The molecule has 8 nitrogen and oxygen atoms in total. The van der Waals surface area contributed by atoms with Gasteiger partial charge < -0.3 is 10.6 Å². The molecule has 0 radical (unpaired) electrons. The van der Waals surface area contributed by atoms with Crippen molar-refractivity contribution < 1.29 is 13.2 Å². The third-order valence-electron chi connectivity index (χ3n) is 5.26. The van der Waals surface area contributed by atoms with Crippen LogP contribution in [0, 0.1) is 13.8 Å². The Hall–Kier alpha value is -4.11. The van der Waals surface area contributed by atoms with E-state index < -0.39 is 10.7 Å². The quantitative estimate of drug-likeness (QED) is 0.344. The van der Waals surface area contributed by atoms with E-state index in [9.17, 15) is 13.2 Å². The van der Waals surface area contributed by atoms with Crippen molar-refractivity contribution in [1.82, 2.24) is 15.0 Å².